The van der Waals surface area contributed by atoms with Gasteiger partial charge < -0.3 is 10.5 Å². The van der Waals surface area contributed by atoms with Gasteiger partial charge in [0.15, 0.2) is 0 Å². The maximum atomic E-state index is 6.54. The van der Waals surface area contributed by atoms with Gasteiger partial charge in [-0.05, 0) is 43.2 Å². The third-order valence-corrected chi connectivity index (χ3v) is 3.96. The van der Waals surface area contributed by atoms with Gasteiger partial charge in [0.2, 0.25) is 0 Å². The highest BCUT2D eigenvalue weighted by Crippen LogP contribution is 2.44. The molecule has 17 heavy (non-hydrogen) atoms. The number of nitrogens with zero attached hydrogens (tertiary/aromatic N) is 1. The van der Waals surface area contributed by atoms with Gasteiger partial charge in [0.1, 0.15) is 11.4 Å². The van der Waals surface area contributed by atoms with Crippen LogP contribution in [0.25, 0.3) is 0 Å². The molecular formula is C14H22N2O. The minimum Gasteiger partial charge on any atom is -0.495 e. The predicted octanol–water partition coefficient (Wildman–Crippen LogP) is 2.84. The van der Waals surface area contributed by atoms with E-state index in [4.69, 9.17) is 10.5 Å². The van der Waals surface area contributed by atoms with Gasteiger partial charge in [-0.15, -0.1) is 0 Å². The molecule has 0 atom stereocenters. The second-order valence-electron chi connectivity index (χ2n) is 5.87. The zero-order valence-electron chi connectivity index (χ0n) is 11.0. The molecule has 0 radical (unpaired) electrons. The Kier molecular flexibility index (Phi) is 3.13. The molecule has 1 aliphatic carbocycles. The van der Waals surface area contributed by atoms with Crippen molar-refractivity contribution < 1.29 is 4.74 Å². The molecule has 3 nitrogen and oxygen atoms in total. The van der Waals surface area contributed by atoms with Gasteiger partial charge in [-0.3, -0.25) is 4.98 Å². The first kappa shape index (κ1) is 12.4. The zero-order valence-corrected chi connectivity index (χ0v) is 11.0. The van der Waals surface area contributed by atoms with Gasteiger partial charge in [0, 0.05) is 6.20 Å². The molecule has 1 aromatic rings. The summed E-state index contributed by atoms with van der Waals surface area (Å²) in [7, 11) is 1.68. The predicted molar refractivity (Wildman–Crippen MR) is 68.9 cm³/mol. The van der Waals surface area contributed by atoms with Crippen LogP contribution in [0.3, 0.4) is 0 Å². The molecule has 1 heterocycles. The Morgan fingerprint density at radius 1 is 1.24 bits per heavy atom. The molecular weight excluding hydrogens is 212 g/mol. The number of ether oxygens (including phenoxy) is 1. The largest absolute Gasteiger partial charge is 0.495 e. The lowest BCUT2D eigenvalue weighted by Gasteiger charge is -2.41. The smallest absolute Gasteiger partial charge is 0.142 e. The van der Waals surface area contributed by atoms with Crippen LogP contribution in [0, 0.1) is 5.41 Å². The summed E-state index contributed by atoms with van der Waals surface area (Å²) in [5.41, 5.74) is 7.54. The van der Waals surface area contributed by atoms with Crippen molar-refractivity contribution in [2.75, 3.05) is 7.11 Å². The van der Waals surface area contributed by atoms with E-state index in [1.807, 2.05) is 12.1 Å². The molecule has 0 unspecified atom stereocenters. The Morgan fingerprint density at radius 3 is 2.47 bits per heavy atom. The summed E-state index contributed by atoms with van der Waals surface area (Å²) in [5.74, 6) is 0.815. The fraction of sp³-hybridized carbons (Fsp3) is 0.643. The standard InChI is InChI=1S/C14H22N2O/c1-13(2)6-8-14(15,9-7-13)12-11(17-3)5-4-10-16-12/h4-5,10H,6-9,15H2,1-3H3. The Hall–Kier alpha value is -1.09. The Balaban J connectivity index is 2.27. The van der Waals surface area contributed by atoms with Gasteiger partial charge in [0.25, 0.3) is 0 Å². The highest BCUT2D eigenvalue weighted by molar-refractivity contribution is 5.33. The molecule has 1 saturated carbocycles. The fourth-order valence-electron chi connectivity index (χ4n) is 2.54. The van der Waals surface area contributed by atoms with Gasteiger partial charge in [-0.1, -0.05) is 13.8 Å². The number of hydrogen-bond donors (Lipinski definition) is 1. The van der Waals surface area contributed by atoms with Crippen LogP contribution in [0.4, 0.5) is 0 Å². The SMILES string of the molecule is COc1cccnc1C1(N)CCC(C)(C)CC1. The van der Waals surface area contributed by atoms with Gasteiger partial charge in [-0.25, -0.2) is 0 Å². The Morgan fingerprint density at radius 2 is 1.88 bits per heavy atom. The van der Waals surface area contributed by atoms with Crippen LogP contribution >= 0.6 is 0 Å². The summed E-state index contributed by atoms with van der Waals surface area (Å²) in [4.78, 5) is 4.44. The van der Waals surface area contributed by atoms with E-state index in [-0.39, 0.29) is 5.54 Å². The minimum absolute atomic E-state index is 0.317. The third kappa shape index (κ3) is 2.44. The Labute approximate surface area is 103 Å². The van der Waals surface area contributed by atoms with Crippen molar-refractivity contribution in [3.63, 3.8) is 0 Å². The highest BCUT2D eigenvalue weighted by atomic mass is 16.5. The second-order valence-corrected chi connectivity index (χ2v) is 5.87. The van der Waals surface area contributed by atoms with Crippen LogP contribution in [0.1, 0.15) is 45.2 Å². The molecule has 2 rings (SSSR count). The van der Waals surface area contributed by atoms with E-state index in [0.717, 1.165) is 37.1 Å². The molecule has 0 aliphatic heterocycles. The minimum atomic E-state index is -0.317. The summed E-state index contributed by atoms with van der Waals surface area (Å²) in [6.45, 7) is 4.62. The average Bonchev–Trinajstić information content (AvgIpc) is 2.33. The molecule has 1 aromatic heterocycles. The van der Waals surface area contributed by atoms with Crippen molar-refractivity contribution in [1.29, 1.82) is 0 Å². The first-order chi connectivity index (χ1) is 7.97. The van der Waals surface area contributed by atoms with E-state index in [0.29, 0.717) is 5.41 Å². The third-order valence-electron chi connectivity index (χ3n) is 3.96. The van der Waals surface area contributed by atoms with Crippen LogP contribution in [0.2, 0.25) is 0 Å². The van der Waals surface area contributed by atoms with E-state index in [9.17, 15) is 0 Å². The maximum Gasteiger partial charge on any atom is 0.142 e. The molecule has 94 valence electrons. The highest BCUT2D eigenvalue weighted by Gasteiger charge is 2.39. The van der Waals surface area contributed by atoms with E-state index >= 15 is 0 Å². The van der Waals surface area contributed by atoms with Gasteiger partial charge in [0.05, 0.1) is 12.6 Å². The molecule has 2 N–H and O–H groups in total. The lowest BCUT2D eigenvalue weighted by molar-refractivity contribution is 0.159. The summed E-state index contributed by atoms with van der Waals surface area (Å²) in [5, 5.41) is 0. The summed E-state index contributed by atoms with van der Waals surface area (Å²) >= 11 is 0. The number of methoxy groups -OCH3 is 1. The number of nitrogens with two attached hydrogens (primary N) is 1. The average molecular weight is 234 g/mol. The van der Waals surface area contributed by atoms with Crippen molar-refractivity contribution in [2.24, 2.45) is 11.1 Å². The van der Waals surface area contributed by atoms with Crippen molar-refractivity contribution in [3.05, 3.63) is 24.0 Å². The lowest BCUT2D eigenvalue weighted by atomic mass is 9.68. The number of rotatable bonds is 2. The van der Waals surface area contributed by atoms with Crippen molar-refractivity contribution in [3.8, 4) is 5.75 Å². The quantitative estimate of drug-likeness (QED) is 0.856. The summed E-state index contributed by atoms with van der Waals surface area (Å²) < 4.78 is 5.37. The maximum absolute atomic E-state index is 6.54. The molecule has 0 saturated heterocycles. The van der Waals surface area contributed by atoms with E-state index in [2.05, 4.69) is 18.8 Å². The summed E-state index contributed by atoms with van der Waals surface area (Å²) in [6.07, 6.45) is 6.04. The van der Waals surface area contributed by atoms with Crippen LogP contribution in [0.5, 0.6) is 5.75 Å². The molecule has 1 aliphatic rings. The van der Waals surface area contributed by atoms with E-state index in [1.54, 1.807) is 13.3 Å². The fourth-order valence-corrected chi connectivity index (χ4v) is 2.54. The summed E-state index contributed by atoms with van der Waals surface area (Å²) in [6, 6.07) is 3.83. The molecule has 0 spiro atoms. The molecule has 0 amide bonds. The molecule has 1 fully saturated rings. The van der Waals surface area contributed by atoms with Crippen LogP contribution in [-0.2, 0) is 5.54 Å². The van der Waals surface area contributed by atoms with Crippen molar-refractivity contribution >= 4 is 0 Å². The van der Waals surface area contributed by atoms with Crippen LogP contribution < -0.4 is 10.5 Å². The molecule has 0 aromatic carbocycles. The number of hydrogen-bond acceptors (Lipinski definition) is 3. The number of aromatic nitrogens is 1. The first-order valence-electron chi connectivity index (χ1n) is 6.25. The molecule has 3 heteroatoms. The lowest BCUT2D eigenvalue weighted by Crippen LogP contribution is -2.43. The van der Waals surface area contributed by atoms with Crippen LogP contribution in [0.15, 0.2) is 18.3 Å². The zero-order chi connectivity index (χ0) is 12.5. The normalized spacial score (nSPS) is 22.1. The first-order valence-corrected chi connectivity index (χ1v) is 6.25. The second kappa shape index (κ2) is 4.30. The van der Waals surface area contributed by atoms with Gasteiger partial charge >= 0.3 is 0 Å². The van der Waals surface area contributed by atoms with E-state index in [1.165, 1.54) is 0 Å². The monoisotopic (exact) mass is 234 g/mol. The van der Waals surface area contributed by atoms with Gasteiger partial charge in [-0.2, -0.15) is 0 Å². The van der Waals surface area contributed by atoms with E-state index < -0.39 is 0 Å². The van der Waals surface area contributed by atoms with Crippen LogP contribution in [-0.4, -0.2) is 12.1 Å². The topological polar surface area (TPSA) is 48.1 Å². The Bertz CT molecular complexity index is 391. The van der Waals surface area contributed by atoms with Crippen molar-refractivity contribution in [2.45, 2.75) is 45.1 Å². The molecule has 0 bridgehead atoms. The number of pyridine rings is 1. The van der Waals surface area contributed by atoms with Crippen molar-refractivity contribution in [1.82, 2.24) is 4.98 Å².